The molecule has 0 aromatic heterocycles. The molecule has 102 valence electrons. The number of hydrogen-bond acceptors (Lipinski definition) is 3. The molecule has 2 aromatic carbocycles. The SMILES string of the molecule is Cc1ccccc1C(=O)COc1ccccc1C(N)=O. The molecular formula is C16H15NO3. The molecule has 4 nitrogen and oxygen atoms in total. The van der Waals surface area contributed by atoms with Gasteiger partial charge in [0.1, 0.15) is 5.75 Å². The summed E-state index contributed by atoms with van der Waals surface area (Å²) in [6.45, 7) is 1.74. The van der Waals surface area contributed by atoms with E-state index >= 15 is 0 Å². The number of amides is 1. The van der Waals surface area contributed by atoms with E-state index in [1.165, 1.54) is 0 Å². The van der Waals surface area contributed by atoms with Gasteiger partial charge in [-0.1, -0.05) is 36.4 Å². The highest BCUT2D eigenvalue weighted by atomic mass is 16.5. The van der Waals surface area contributed by atoms with Gasteiger partial charge < -0.3 is 10.5 Å². The fraction of sp³-hybridized carbons (Fsp3) is 0.125. The van der Waals surface area contributed by atoms with Crippen LogP contribution in [0.1, 0.15) is 26.3 Å². The van der Waals surface area contributed by atoms with E-state index in [9.17, 15) is 9.59 Å². The van der Waals surface area contributed by atoms with Crippen LogP contribution in [0.25, 0.3) is 0 Å². The Labute approximate surface area is 117 Å². The van der Waals surface area contributed by atoms with Crippen LogP contribution >= 0.6 is 0 Å². The molecule has 0 aliphatic carbocycles. The van der Waals surface area contributed by atoms with Gasteiger partial charge >= 0.3 is 0 Å². The lowest BCUT2D eigenvalue weighted by Crippen LogP contribution is -2.17. The molecule has 0 fully saturated rings. The maximum Gasteiger partial charge on any atom is 0.252 e. The number of ketones is 1. The Hall–Kier alpha value is -2.62. The molecule has 0 aliphatic heterocycles. The van der Waals surface area contributed by atoms with Crippen molar-refractivity contribution in [3.63, 3.8) is 0 Å². The second-order valence-electron chi connectivity index (χ2n) is 4.39. The van der Waals surface area contributed by atoms with Crippen molar-refractivity contribution in [2.24, 2.45) is 5.73 Å². The molecule has 2 N–H and O–H groups in total. The number of aryl methyl sites for hydroxylation is 1. The van der Waals surface area contributed by atoms with E-state index in [1.807, 2.05) is 19.1 Å². The number of rotatable bonds is 5. The molecule has 0 unspecified atom stereocenters. The fourth-order valence-electron chi connectivity index (χ4n) is 1.90. The number of para-hydroxylation sites is 1. The molecule has 0 saturated heterocycles. The minimum atomic E-state index is -0.580. The molecule has 0 bridgehead atoms. The van der Waals surface area contributed by atoms with Gasteiger partial charge in [0.15, 0.2) is 12.4 Å². The zero-order chi connectivity index (χ0) is 14.5. The van der Waals surface area contributed by atoms with Crippen molar-refractivity contribution < 1.29 is 14.3 Å². The summed E-state index contributed by atoms with van der Waals surface area (Å²) in [4.78, 5) is 23.3. The van der Waals surface area contributed by atoms with Gasteiger partial charge in [-0.3, -0.25) is 9.59 Å². The maximum atomic E-state index is 12.1. The predicted molar refractivity (Wildman–Crippen MR) is 76.0 cm³/mol. The largest absolute Gasteiger partial charge is 0.485 e. The second kappa shape index (κ2) is 6.02. The van der Waals surface area contributed by atoms with Gasteiger partial charge in [-0.25, -0.2) is 0 Å². The number of benzene rings is 2. The van der Waals surface area contributed by atoms with Gasteiger partial charge in [-0.2, -0.15) is 0 Å². The maximum absolute atomic E-state index is 12.1. The molecule has 0 saturated carbocycles. The Morgan fingerprint density at radius 2 is 1.60 bits per heavy atom. The third-order valence-corrected chi connectivity index (χ3v) is 2.96. The van der Waals surface area contributed by atoms with Gasteiger partial charge in [-0.05, 0) is 24.6 Å². The van der Waals surface area contributed by atoms with Crippen LogP contribution in [0.5, 0.6) is 5.75 Å². The van der Waals surface area contributed by atoms with E-state index in [4.69, 9.17) is 10.5 Å². The molecule has 0 atom stereocenters. The monoisotopic (exact) mass is 269 g/mol. The average molecular weight is 269 g/mol. The Morgan fingerprint density at radius 3 is 2.25 bits per heavy atom. The molecule has 0 aliphatic rings. The Balaban J connectivity index is 2.12. The normalized spacial score (nSPS) is 10.1. The van der Waals surface area contributed by atoms with Crippen LogP contribution in [0.15, 0.2) is 48.5 Å². The molecule has 2 rings (SSSR count). The summed E-state index contributed by atoms with van der Waals surface area (Å²) in [6, 6.07) is 13.9. The molecule has 2 aromatic rings. The summed E-state index contributed by atoms with van der Waals surface area (Å²) in [5.74, 6) is -0.395. The molecule has 20 heavy (non-hydrogen) atoms. The van der Waals surface area contributed by atoms with Crippen molar-refractivity contribution in [3.05, 3.63) is 65.2 Å². The van der Waals surface area contributed by atoms with Gasteiger partial charge in [-0.15, -0.1) is 0 Å². The van der Waals surface area contributed by atoms with E-state index in [2.05, 4.69) is 0 Å². The zero-order valence-electron chi connectivity index (χ0n) is 11.1. The van der Waals surface area contributed by atoms with Crippen molar-refractivity contribution in [1.29, 1.82) is 0 Å². The molecule has 0 radical (unpaired) electrons. The Bertz CT molecular complexity index is 650. The number of Topliss-reactive ketones (excluding diaryl/α,β-unsaturated/α-hetero) is 1. The lowest BCUT2D eigenvalue weighted by molar-refractivity contribution is 0.0911. The molecule has 0 spiro atoms. The first-order valence-electron chi connectivity index (χ1n) is 6.20. The van der Waals surface area contributed by atoms with Crippen molar-refractivity contribution in [2.75, 3.05) is 6.61 Å². The molecule has 1 amide bonds. The first-order valence-corrected chi connectivity index (χ1v) is 6.20. The number of carbonyl (C=O) groups excluding carboxylic acids is 2. The van der Waals surface area contributed by atoms with Gasteiger partial charge in [0, 0.05) is 5.56 Å². The topological polar surface area (TPSA) is 69.4 Å². The summed E-state index contributed by atoms with van der Waals surface area (Å²) < 4.78 is 5.42. The predicted octanol–water partition coefficient (Wildman–Crippen LogP) is 2.36. The van der Waals surface area contributed by atoms with Crippen LogP contribution in [0.2, 0.25) is 0 Å². The van der Waals surface area contributed by atoms with E-state index in [1.54, 1.807) is 36.4 Å². The lowest BCUT2D eigenvalue weighted by Gasteiger charge is -2.09. The summed E-state index contributed by atoms with van der Waals surface area (Å²) in [5.41, 5.74) is 7.03. The van der Waals surface area contributed by atoms with Crippen LogP contribution in [-0.4, -0.2) is 18.3 Å². The molecule has 0 heterocycles. The number of nitrogens with two attached hydrogens (primary N) is 1. The van der Waals surface area contributed by atoms with Gasteiger partial charge in [0.25, 0.3) is 5.91 Å². The highest BCUT2D eigenvalue weighted by Crippen LogP contribution is 2.18. The smallest absolute Gasteiger partial charge is 0.252 e. The number of primary amides is 1. The van der Waals surface area contributed by atoms with E-state index < -0.39 is 5.91 Å². The standard InChI is InChI=1S/C16H15NO3/c1-11-6-2-3-7-12(11)14(18)10-20-15-9-5-4-8-13(15)16(17)19/h2-9H,10H2,1H3,(H2,17,19). The van der Waals surface area contributed by atoms with Crippen molar-refractivity contribution in [1.82, 2.24) is 0 Å². The van der Waals surface area contributed by atoms with E-state index in [0.29, 0.717) is 11.3 Å². The molecular weight excluding hydrogens is 254 g/mol. The zero-order valence-corrected chi connectivity index (χ0v) is 11.1. The fourth-order valence-corrected chi connectivity index (χ4v) is 1.90. The first-order chi connectivity index (χ1) is 9.59. The van der Waals surface area contributed by atoms with Gasteiger partial charge in [0.2, 0.25) is 0 Å². The third-order valence-electron chi connectivity index (χ3n) is 2.96. The molecule has 4 heteroatoms. The summed E-state index contributed by atoms with van der Waals surface area (Å²) in [5, 5.41) is 0. The third kappa shape index (κ3) is 3.03. The van der Waals surface area contributed by atoms with Crippen LogP contribution < -0.4 is 10.5 Å². The minimum absolute atomic E-state index is 0.130. The first kappa shape index (κ1) is 13.8. The van der Waals surface area contributed by atoms with Crippen molar-refractivity contribution in [3.8, 4) is 5.75 Å². The number of hydrogen-bond donors (Lipinski definition) is 1. The second-order valence-corrected chi connectivity index (χ2v) is 4.39. The highest BCUT2D eigenvalue weighted by molar-refractivity contribution is 5.99. The number of carbonyl (C=O) groups is 2. The lowest BCUT2D eigenvalue weighted by atomic mass is 10.1. The van der Waals surface area contributed by atoms with Crippen LogP contribution in [-0.2, 0) is 0 Å². The Morgan fingerprint density at radius 1 is 1.00 bits per heavy atom. The van der Waals surface area contributed by atoms with E-state index in [-0.39, 0.29) is 18.0 Å². The number of ether oxygens (including phenoxy) is 1. The van der Waals surface area contributed by atoms with Crippen LogP contribution in [0, 0.1) is 6.92 Å². The minimum Gasteiger partial charge on any atom is -0.485 e. The van der Waals surface area contributed by atoms with E-state index in [0.717, 1.165) is 5.56 Å². The van der Waals surface area contributed by atoms with Crippen LogP contribution in [0.3, 0.4) is 0 Å². The van der Waals surface area contributed by atoms with Crippen LogP contribution in [0.4, 0.5) is 0 Å². The average Bonchev–Trinajstić information content (AvgIpc) is 2.45. The summed E-state index contributed by atoms with van der Waals surface area (Å²) in [7, 11) is 0. The quantitative estimate of drug-likeness (QED) is 0.847. The summed E-state index contributed by atoms with van der Waals surface area (Å²) >= 11 is 0. The van der Waals surface area contributed by atoms with Crippen molar-refractivity contribution >= 4 is 11.7 Å². The van der Waals surface area contributed by atoms with Gasteiger partial charge in [0.05, 0.1) is 5.56 Å². The Kier molecular flexibility index (Phi) is 4.15. The summed E-state index contributed by atoms with van der Waals surface area (Å²) in [6.07, 6.45) is 0. The van der Waals surface area contributed by atoms with Crippen molar-refractivity contribution in [2.45, 2.75) is 6.92 Å². The highest BCUT2D eigenvalue weighted by Gasteiger charge is 2.12.